The van der Waals surface area contributed by atoms with Gasteiger partial charge in [-0.3, -0.25) is 19.7 Å². The Balaban J connectivity index is 2.33. The second-order valence-corrected chi connectivity index (χ2v) is 9.05. The molecule has 0 fully saturated rings. The number of amides is 2. The number of nitro groups is 1. The molecular formula is C22H26BrN3O4. The lowest BCUT2D eigenvalue weighted by molar-refractivity contribution is -0.385. The van der Waals surface area contributed by atoms with Crippen molar-refractivity contribution in [3.63, 3.8) is 0 Å². The molecule has 8 heteroatoms. The molecule has 0 aromatic heterocycles. The summed E-state index contributed by atoms with van der Waals surface area (Å²) in [6.45, 7) is 7.47. The Labute approximate surface area is 184 Å². The number of nitrogens with zero attached hydrogens (tertiary/aromatic N) is 2. The van der Waals surface area contributed by atoms with Gasteiger partial charge in [0.2, 0.25) is 11.8 Å². The SMILES string of the molecule is C[C@H](C(=O)NC(C)(C)C)N(Cc1cccc(Br)c1)C(=O)Cc1ccccc1[N+](=O)[O-]. The van der Waals surface area contributed by atoms with Crippen LogP contribution in [-0.4, -0.2) is 33.2 Å². The third-order valence-corrected chi connectivity index (χ3v) is 4.93. The summed E-state index contributed by atoms with van der Waals surface area (Å²) < 4.78 is 0.859. The maximum absolute atomic E-state index is 13.2. The number of para-hydroxylation sites is 1. The minimum atomic E-state index is -0.751. The van der Waals surface area contributed by atoms with Crippen LogP contribution in [0.1, 0.15) is 38.8 Å². The van der Waals surface area contributed by atoms with Crippen molar-refractivity contribution in [2.24, 2.45) is 0 Å². The predicted octanol–water partition coefficient (Wildman–Crippen LogP) is 4.23. The van der Waals surface area contributed by atoms with Gasteiger partial charge in [0.1, 0.15) is 6.04 Å². The molecule has 0 unspecified atom stereocenters. The van der Waals surface area contributed by atoms with Crippen LogP contribution in [-0.2, 0) is 22.6 Å². The fraction of sp³-hybridized carbons (Fsp3) is 0.364. The van der Waals surface area contributed by atoms with Crippen molar-refractivity contribution >= 4 is 33.4 Å². The summed E-state index contributed by atoms with van der Waals surface area (Å²) in [6, 6.07) is 12.9. The molecule has 2 amide bonds. The summed E-state index contributed by atoms with van der Waals surface area (Å²) in [5, 5.41) is 14.2. The van der Waals surface area contributed by atoms with Crippen LogP contribution in [0.3, 0.4) is 0 Å². The zero-order valence-corrected chi connectivity index (χ0v) is 19.1. The van der Waals surface area contributed by atoms with E-state index in [1.165, 1.54) is 11.0 Å². The van der Waals surface area contributed by atoms with Crippen LogP contribution in [0.5, 0.6) is 0 Å². The van der Waals surface area contributed by atoms with Gasteiger partial charge in [-0.15, -0.1) is 0 Å². The van der Waals surface area contributed by atoms with Crippen LogP contribution in [0.4, 0.5) is 5.69 Å². The van der Waals surface area contributed by atoms with Gasteiger partial charge in [0.25, 0.3) is 5.69 Å². The van der Waals surface area contributed by atoms with Crippen molar-refractivity contribution in [3.05, 3.63) is 74.2 Å². The molecule has 0 aliphatic carbocycles. The standard InChI is InChI=1S/C22H26BrN3O4/c1-15(21(28)24-22(2,3)4)25(14-16-8-7-10-18(23)12-16)20(27)13-17-9-5-6-11-19(17)26(29)30/h5-12,15H,13-14H2,1-4H3,(H,24,28)/t15-/m1/s1. The van der Waals surface area contributed by atoms with Gasteiger partial charge in [-0.05, 0) is 45.4 Å². The number of benzene rings is 2. The van der Waals surface area contributed by atoms with Crippen LogP contribution in [0.15, 0.2) is 53.0 Å². The fourth-order valence-electron chi connectivity index (χ4n) is 2.99. The summed E-state index contributed by atoms with van der Waals surface area (Å²) in [5.74, 6) is -0.644. The molecular weight excluding hydrogens is 450 g/mol. The Bertz CT molecular complexity index is 940. The molecule has 2 aromatic carbocycles. The van der Waals surface area contributed by atoms with E-state index in [-0.39, 0.29) is 30.5 Å². The molecule has 30 heavy (non-hydrogen) atoms. The number of hydrogen-bond acceptors (Lipinski definition) is 4. The first-order valence-corrected chi connectivity index (χ1v) is 10.4. The zero-order valence-electron chi connectivity index (χ0n) is 17.5. The first kappa shape index (κ1) is 23.5. The molecule has 0 saturated heterocycles. The predicted molar refractivity (Wildman–Crippen MR) is 119 cm³/mol. The lowest BCUT2D eigenvalue weighted by Gasteiger charge is -2.31. The van der Waals surface area contributed by atoms with Gasteiger partial charge in [-0.25, -0.2) is 0 Å². The van der Waals surface area contributed by atoms with E-state index in [0.717, 1.165) is 10.0 Å². The van der Waals surface area contributed by atoms with E-state index in [2.05, 4.69) is 21.2 Å². The second-order valence-electron chi connectivity index (χ2n) is 8.13. The molecule has 160 valence electrons. The highest BCUT2D eigenvalue weighted by Crippen LogP contribution is 2.21. The van der Waals surface area contributed by atoms with Crippen LogP contribution < -0.4 is 5.32 Å². The molecule has 0 heterocycles. The highest BCUT2D eigenvalue weighted by Gasteiger charge is 2.29. The van der Waals surface area contributed by atoms with Crippen LogP contribution in [0.25, 0.3) is 0 Å². The van der Waals surface area contributed by atoms with Crippen molar-refractivity contribution in [2.75, 3.05) is 0 Å². The number of nitrogens with one attached hydrogen (secondary N) is 1. The van der Waals surface area contributed by atoms with Crippen molar-refractivity contribution < 1.29 is 14.5 Å². The Hall–Kier alpha value is -2.74. The molecule has 0 radical (unpaired) electrons. The molecule has 1 atom stereocenters. The first-order chi connectivity index (χ1) is 14.0. The Morgan fingerprint density at radius 3 is 2.43 bits per heavy atom. The topological polar surface area (TPSA) is 92.6 Å². The van der Waals surface area contributed by atoms with Gasteiger partial charge in [0.15, 0.2) is 0 Å². The normalized spacial score (nSPS) is 12.2. The van der Waals surface area contributed by atoms with Crippen molar-refractivity contribution in [2.45, 2.75) is 52.2 Å². The lowest BCUT2D eigenvalue weighted by atomic mass is 10.1. The van der Waals surface area contributed by atoms with Crippen LogP contribution in [0.2, 0.25) is 0 Å². The number of carbonyl (C=O) groups excluding carboxylic acids is 2. The molecule has 0 saturated carbocycles. The van der Waals surface area contributed by atoms with E-state index in [9.17, 15) is 19.7 Å². The number of nitro benzene ring substituents is 1. The van der Waals surface area contributed by atoms with Crippen molar-refractivity contribution in [1.29, 1.82) is 0 Å². The quantitative estimate of drug-likeness (QED) is 0.478. The molecule has 0 bridgehead atoms. The third kappa shape index (κ3) is 6.66. The maximum atomic E-state index is 13.2. The molecule has 1 N–H and O–H groups in total. The Kier molecular flexibility index (Phi) is 7.72. The average Bonchev–Trinajstić information content (AvgIpc) is 2.64. The Morgan fingerprint density at radius 1 is 1.17 bits per heavy atom. The van der Waals surface area contributed by atoms with Crippen molar-refractivity contribution in [3.8, 4) is 0 Å². The van der Waals surface area contributed by atoms with Crippen LogP contribution in [0, 0.1) is 10.1 Å². The van der Waals surface area contributed by atoms with Gasteiger partial charge in [-0.1, -0.05) is 46.3 Å². The number of halogens is 1. The number of hydrogen-bond donors (Lipinski definition) is 1. The van der Waals surface area contributed by atoms with Gasteiger partial charge in [-0.2, -0.15) is 0 Å². The highest BCUT2D eigenvalue weighted by atomic mass is 79.9. The van der Waals surface area contributed by atoms with E-state index in [0.29, 0.717) is 5.56 Å². The minimum absolute atomic E-state index is 0.111. The molecule has 0 spiro atoms. The summed E-state index contributed by atoms with van der Waals surface area (Å²) in [5.41, 5.74) is 0.597. The molecule has 2 rings (SSSR count). The Morgan fingerprint density at radius 2 is 1.83 bits per heavy atom. The molecule has 0 aliphatic heterocycles. The lowest BCUT2D eigenvalue weighted by Crippen LogP contribution is -2.52. The van der Waals surface area contributed by atoms with Gasteiger partial charge in [0.05, 0.1) is 11.3 Å². The highest BCUT2D eigenvalue weighted by molar-refractivity contribution is 9.10. The third-order valence-electron chi connectivity index (χ3n) is 4.44. The summed E-state index contributed by atoms with van der Waals surface area (Å²) in [7, 11) is 0. The van der Waals surface area contributed by atoms with E-state index in [1.54, 1.807) is 25.1 Å². The number of carbonyl (C=O) groups is 2. The van der Waals surface area contributed by atoms with Gasteiger partial charge >= 0.3 is 0 Å². The molecule has 0 aliphatic rings. The zero-order chi connectivity index (χ0) is 22.5. The fourth-order valence-corrected chi connectivity index (χ4v) is 3.44. The largest absolute Gasteiger partial charge is 0.350 e. The molecule has 2 aromatic rings. The van der Waals surface area contributed by atoms with Gasteiger partial charge in [0, 0.05) is 28.2 Å². The minimum Gasteiger partial charge on any atom is -0.350 e. The van der Waals surface area contributed by atoms with E-state index in [4.69, 9.17) is 0 Å². The first-order valence-electron chi connectivity index (χ1n) is 9.56. The monoisotopic (exact) mass is 475 g/mol. The van der Waals surface area contributed by atoms with E-state index < -0.39 is 16.5 Å². The van der Waals surface area contributed by atoms with E-state index in [1.807, 2.05) is 45.0 Å². The number of rotatable bonds is 7. The smallest absolute Gasteiger partial charge is 0.273 e. The second kappa shape index (κ2) is 9.84. The van der Waals surface area contributed by atoms with Gasteiger partial charge < -0.3 is 10.2 Å². The van der Waals surface area contributed by atoms with E-state index >= 15 is 0 Å². The van der Waals surface area contributed by atoms with Crippen molar-refractivity contribution in [1.82, 2.24) is 10.2 Å². The summed E-state index contributed by atoms with van der Waals surface area (Å²) >= 11 is 3.42. The van der Waals surface area contributed by atoms with Crippen LogP contribution >= 0.6 is 15.9 Å². The average molecular weight is 476 g/mol. The maximum Gasteiger partial charge on any atom is 0.273 e. The summed E-state index contributed by atoms with van der Waals surface area (Å²) in [4.78, 5) is 38.2. The molecule has 7 nitrogen and oxygen atoms in total. The summed E-state index contributed by atoms with van der Waals surface area (Å²) in [6.07, 6.45) is -0.168.